The maximum Gasteiger partial charge on any atom is 0.0361 e. The predicted molar refractivity (Wildman–Crippen MR) is 73.6 cm³/mol. The molecule has 0 amide bonds. The third-order valence-electron chi connectivity index (χ3n) is 3.50. The molecule has 1 fully saturated rings. The second-order valence-electron chi connectivity index (χ2n) is 5.08. The molecule has 1 aliphatic rings. The van der Waals surface area contributed by atoms with E-state index in [2.05, 4.69) is 60.5 Å². The quantitative estimate of drug-likeness (QED) is 0.839. The van der Waals surface area contributed by atoms with Crippen molar-refractivity contribution in [3.8, 4) is 0 Å². The predicted octanol–water partition coefficient (Wildman–Crippen LogP) is 1.72. The Morgan fingerprint density at radius 3 is 2.53 bits per heavy atom. The summed E-state index contributed by atoms with van der Waals surface area (Å²) in [7, 11) is 6.35. The highest BCUT2D eigenvalue weighted by Gasteiger charge is 2.15. The topological polar surface area (TPSA) is 18.5 Å². The molecular formula is C14H23N3. The van der Waals surface area contributed by atoms with Crippen LogP contribution in [0.4, 0.5) is 5.69 Å². The molecule has 1 unspecified atom stereocenters. The fraction of sp³-hybridized carbons (Fsp3) is 0.571. The van der Waals surface area contributed by atoms with Crippen LogP contribution in [0.2, 0.25) is 0 Å². The minimum absolute atomic E-state index is 0.510. The largest absolute Gasteiger partial charge is 0.378 e. The minimum atomic E-state index is 0.510. The number of rotatable bonds is 2. The minimum Gasteiger partial charge on any atom is -0.378 e. The Labute approximate surface area is 104 Å². The van der Waals surface area contributed by atoms with Gasteiger partial charge in [0.05, 0.1) is 0 Å². The molecule has 0 aromatic heterocycles. The maximum atomic E-state index is 3.62. The molecule has 94 valence electrons. The zero-order valence-electron chi connectivity index (χ0n) is 11.1. The Morgan fingerprint density at radius 2 is 1.88 bits per heavy atom. The van der Waals surface area contributed by atoms with Crippen LogP contribution >= 0.6 is 0 Å². The van der Waals surface area contributed by atoms with Crippen LogP contribution in [0.15, 0.2) is 24.3 Å². The molecule has 1 atom stereocenters. The number of anilines is 1. The number of nitrogens with zero attached hydrogens (tertiary/aromatic N) is 2. The summed E-state index contributed by atoms with van der Waals surface area (Å²) in [6, 6.07) is 9.41. The number of hydrogen-bond acceptors (Lipinski definition) is 3. The lowest BCUT2D eigenvalue weighted by Crippen LogP contribution is -2.25. The highest BCUT2D eigenvalue weighted by Crippen LogP contribution is 2.21. The molecule has 2 rings (SSSR count). The third-order valence-corrected chi connectivity index (χ3v) is 3.50. The summed E-state index contributed by atoms with van der Waals surface area (Å²) in [4.78, 5) is 4.53. The van der Waals surface area contributed by atoms with Gasteiger partial charge < -0.3 is 15.1 Å². The Hall–Kier alpha value is -1.06. The van der Waals surface area contributed by atoms with E-state index < -0.39 is 0 Å². The van der Waals surface area contributed by atoms with Crippen molar-refractivity contribution in [2.75, 3.05) is 45.7 Å². The summed E-state index contributed by atoms with van der Waals surface area (Å²) >= 11 is 0. The van der Waals surface area contributed by atoms with Gasteiger partial charge >= 0.3 is 0 Å². The molecule has 17 heavy (non-hydrogen) atoms. The van der Waals surface area contributed by atoms with E-state index in [0.717, 1.165) is 13.1 Å². The molecule has 1 aromatic carbocycles. The summed E-state index contributed by atoms with van der Waals surface area (Å²) in [6.07, 6.45) is 1.19. The van der Waals surface area contributed by atoms with Crippen LogP contribution in [0.3, 0.4) is 0 Å². The highest BCUT2D eigenvalue weighted by atomic mass is 15.1. The van der Waals surface area contributed by atoms with E-state index in [1.807, 2.05) is 0 Å². The normalized spacial score (nSPS) is 22.2. The molecular weight excluding hydrogens is 210 g/mol. The van der Waals surface area contributed by atoms with E-state index in [4.69, 9.17) is 0 Å². The van der Waals surface area contributed by atoms with Gasteiger partial charge in [-0.15, -0.1) is 0 Å². The molecule has 0 saturated carbocycles. The zero-order chi connectivity index (χ0) is 12.3. The Bertz CT molecular complexity index is 345. The third kappa shape index (κ3) is 3.20. The van der Waals surface area contributed by atoms with Crippen LogP contribution in [-0.2, 0) is 0 Å². The van der Waals surface area contributed by atoms with Crippen molar-refractivity contribution in [1.82, 2.24) is 10.2 Å². The molecule has 0 bridgehead atoms. The first kappa shape index (κ1) is 12.4. The number of likely N-dealkylation sites (N-methyl/N-ethyl adjacent to an activating group) is 1. The second kappa shape index (κ2) is 5.52. The standard InChI is InChI=1S/C14H23N3/c1-16(2)13-6-4-12(5-7-13)14-8-10-17(3)11-9-15-14/h4-7,14-15H,8-11H2,1-3H3. The number of nitrogens with one attached hydrogen (secondary N) is 1. The summed E-state index contributed by atoms with van der Waals surface area (Å²) in [5.74, 6) is 0. The van der Waals surface area contributed by atoms with Gasteiger partial charge in [0.2, 0.25) is 0 Å². The van der Waals surface area contributed by atoms with Gasteiger partial charge in [0, 0.05) is 38.9 Å². The van der Waals surface area contributed by atoms with Crippen LogP contribution in [0, 0.1) is 0 Å². The molecule has 1 heterocycles. The van der Waals surface area contributed by atoms with Crippen molar-refractivity contribution in [2.45, 2.75) is 12.5 Å². The van der Waals surface area contributed by atoms with Gasteiger partial charge in [-0.05, 0) is 37.7 Å². The van der Waals surface area contributed by atoms with E-state index in [-0.39, 0.29) is 0 Å². The first-order valence-electron chi connectivity index (χ1n) is 6.36. The van der Waals surface area contributed by atoms with Crippen LogP contribution in [-0.4, -0.2) is 45.7 Å². The maximum absolute atomic E-state index is 3.62. The lowest BCUT2D eigenvalue weighted by molar-refractivity contribution is 0.355. The van der Waals surface area contributed by atoms with Crippen molar-refractivity contribution in [3.05, 3.63) is 29.8 Å². The van der Waals surface area contributed by atoms with Crippen LogP contribution in [0.1, 0.15) is 18.0 Å². The van der Waals surface area contributed by atoms with Crippen molar-refractivity contribution in [2.24, 2.45) is 0 Å². The SMILES string of the molecule is CN1CCNC(c2ccc(N(C)C)cc2)CC1. The monoisotopic (exact) mass is 233 g/mol. The molecule has 0 aliphatic carbocycles. The summed E-state index contributed by atoms with van der Waals surface area (Å²) in [6.45, 7) is 3.40. The molecule has 0 spiro atoms. The van der Waals surface area contributed by atoms with Gasteiger partial charge in [0.1, 0.15) is 0 Å². The molecule has 0 radical (unpaired) electrons. The lowest BCUT2D eigenvalue weighted by Gasteiger charge is -2.18. The highest BCUT2D eigenvalue weighted by molar-refractivity contribution is 5.46. The summed E-state index contributed by atoms with van der Waals surface area (Å²) in [5, 5.41) is 3.62. The zero-order valence-corrected chi connectivity index (χ0v) is 11.1. The average molecular weight is 233 g/mol. The van der Waals surface area contributed by atoms with E-state index >= 15 is 0 Å². The van der Waals surface area contributed by atoms with Crippen molar-refractivity contribution < 1.29 is 0 Å². The smallest absolute Gasteiger partial charge is 0.0361 e. The van der Waals surface area contributed by atoms with Crippen LogP contribution in [0.5, 0.6) is 0 Å². The molecule has 1 saturated heterocycles. The Morgan fingerprint density at radius 1 is 1.18 bits per heavy atom. The number of hydrogen-bond donors (Lipinski definition) is 1. The van der Waals surface area contributed by atoms with Gasteiger partial charge in [-0.25, -0.2) is 0 Å². The molecule has 1 N–H and O–H groups in total. The van der Waals surface area contributed by atoms with Crippen LogP contribution in [0.25, 0.3) is 0 Å². The van der Waals surface area contributed by atoms with E-state index in [9.17, 15) is 0 Å². The number of benzene rings is 1. The fourth-order valence-corrected chi connectivity index (χ4v) is 2.28. The summed E-state index contributed by atoms with van der Waals surface area (Å²) in [5.41, 5.74) is 2.67. The average Bonchev–Trinajstić information content (AvgIpc) is 2.54. The molecule has 1 aromatic rings. The first-order valence-corrected chi connectivity index (χ1v) is 6.36. The Kier molecular flexibility index (Phi) is 4.02. The summed E-state index contributed by atoms with van der Waals surface area (Å²) < 4.78 is 0. The van der Waals surface area contributed by atoms with Crippen LogP contribution < -0.4 is 10.2 Å². The second-order valence-corrected chi connectivity index (χ2v) is 5.08. The van der Waals surface area contributed by atoms with Crippen molar-refractivity contribution in [1.29, 1.82) is 0 Å². The molecule has 3 nitrogen and oxygen atoms in total. The van der Waals surface area contributed by atoms with Gasteiger partial charge in [-0.1, -0.05) is 12.1 Å². The van der Waals surface area contributed by atoms with Gasteiger partial charge in [0.25, 0.3) is 0 Å². The van der Waals surface area contributed by atoms with Crippen molar-refractivity contribution in [3.63, 3.8) is 0 Å². The first-order chi connectivity index (χ1) is 8.16. The van der Waals surface area contributed by atoms with E-state index in [1.165, 1.54) is 24.2 Å². The Balaban J connectivity index is 2.06. The van der Waals surface area contributed by atoms with Gasteiger partial charge in [0.15, 0.2) is 0 Å². The molecule has 1 aliphatic heterocycles. The van der Waals surface area contributed by atoms with E-state index in [0.29, 0.717) is 6.04 Å². The fourth-order valence-electron chi connectivity index (χ4n) is 2.28. The van der Waals surface area contributed by atoms with Crippen molar-refractivity contribution >= 4 is 5.69 Å². The van der Waals surface area contributed by atoms with Gasteiger partial charge in [-0.2, -0.15) is 0 Å². The van der Waals surface area contributed by atoms with E-state index in [1.54, 1.807) is 0 Å². The van der Waals surface area contributed by atoms with Gasteiger partial charge in [-0.3, -0.25) is 0 Å². The lowest BCUT2D eigenvalue weighted by atomic mass is 10.0. The molecule has 3 heteroatoms.